The minimum absolute atomic E-state index is 0.0149. The largest absolute Gasteiger partial charge is 0.736 e. The number of nitrogens with zero attached hydrogens (tertiary/aromatic N) is 2. The van der Waals surface area contributed by atoms with E-state index in [4.69, 9.17) is 10.8 Å². The minimum atomic E-state index is -3.94. The van der Waals surface area contributed by atoms with Gasteiger partial charge in [0.15, 0.2) is 5.70 Å². The summed E-state index contributed by atoms with van der Waals surface area (Å²) < 4.78 is 30.5. The molecule has 3 rings (SSSR count). The number of carbonyl (C=O) groups is 1. The van der Waals surface area contributed by atoms with Crippen LogP contribution in [-0.2, 0) is 4.79 Å². The topological polar surface area (TPSA) is 71.3 Å². The van der Waals surface area contributed by atoms with E-state index in [1.165, 1.54) is 18.5 Å². The zero-order valence-electron chi connectivity index (χ0n) is 10.4. The molecule has 1 atom stereocenters. The molecule has 0 fully saturated rings. The first-order valence-electron chi connectivity index (χ1n) is 6.13. The van der Waals surface area contributed by atoms with Gasteiger partial charge in [-0.15, -0.1) is 0 Å². The standard InChI is InChI=1S/C12H12BF2N3O2/c14-13(15)17-4-1-2-9(17)7-11-8(3-5-18(11)13)6-10(16)12(19)20/h1-5,7,10H,6,16H2,(H,19,20). The number of nitrogens with two attached hydrogens (primary N) is 1. The van der Waals surface area contributed by atoms with Gasteiger partial charge in [-0.05, 0) is 18.3 Å². The number of aliphatic carboxylic acids is 1. The first-order valence-corrected chi connectivity index (χ1v) is 6.13. The van der Waals surface area contributed by atoms with Gasteiger partial charge in [0.1, 0.15) is 12.3 Å². The zero-order valence-corrected chi connectivity index (χ0v) is 10.4. The van der Waals surface area contributed by atoms with Crippen LogP contribution < -0.4 is 5.73 Å². The van der Waals surface area contributed by atoms with Crippen molar-refractivity contribution in [1.82, 2.24) is 4.48 Å². The normalized spacial score (nSPS) is 20.4. The fraction of sp³-hybridized carbons (Fsp3) is 0.167. The number of aromatic nitrogens is 1. The van der Waals surface area contributed by atoms with Gasteiger partial charge in [0.05, 0.1) is 0 Å². The third-order valence-electron chi connectivity index (χ3n) is 3.57. The molecule has 2 aliphatic heterocycles. The van der Waals surface area contributed by atoms with E-state index in [0.717, 1.165) is 8.96 Å². The van der Waals surface area contributed by atoms with Crippen molar-refractivity contribution >= 4 is 25.2 Å². The lowest BCUT2D eigenvalue weighted by Gasteiger charge is -2.28. The summed E-state index contributed by atoms with van der Waals surface area (Å²) in [6.07, 6.45) is 5.73. The molecule has 1 unspecified atom stereocenters. The van der Waals surface area contributed by atoms with Gasteiger partial charge in [0, 0.05) is 29.8 Å². The predicted octanol–water partition coefficient (Wildman–Crippen LogP) is 0.891. The van der Waals surface area contributed by atoms with E-state index >= 15 is 0 Å². The van der Waals surface area contributed by atoms with Crippen LogP contribution in [0.5, 0.6) is 0 Å². The summed E-state index contributed by atoms with van der Waals surface area (Å²) in [7, 11) is 0. The molecule has 1 aromatic heterocycles. The Kier molecular flexibility index (Phi) is 2.65. The van der Waals surface area contributed by atoms with Crippen LogP contribution >= 0.6 is 0 Å². The Labute approximate surface area is 113 Å². The van der Waals surface area contributed by atoms with Crippen molar-refractivity contribution in [3.8, 4) is 0 Å². The molecular weight excluding hydrogens is 267 g/mol. The molecule has 0 spiro atoms. The highest BCUT2D eigenvalue weighted by atomic mass is 19.2. The molecule has 20 heavy (non-hydrogen) atoms. The van der Waals surface area contributed by atoms with E-state index < -0.39 is 19.0 Å². The van der Waals surface area contributed by atoms with E-state index in [0.29, 0.717) is 17.0 Å². The third-order valence-corrected chi connectivity index (χ3v) is 3.57. The molecule has 0 aliphatic carbocycles. The summed E-state index contributed by atoms with van der Waals surface area (Å²) in [5.74, 6) is -1.15. The number of rotatable bonds is 3. The molecule has 0 radical (unpaired) electrons. The summed E-state index contributed by atoms with van der Waals surface area (Å²) in [6.45, 7) is -3.94. The Morgan fingerprint density at radius 3 is 3.00 bits per heavy atom. The molecule has 3 N–H and O–H groups in total. The van der Waals surface area contributed by atoms with Crippen LogP contribution in [0.4, 0.5) is 8.63 Å². The average Bonchev–Trinajstić information content (AvgIpc) is 2.98. The third kappa shape index (κ3) is 1.72. The van der Waals surface area contributed by atoms with Crippen molar-refractivity contribution < 1.29 is 23.0 Å². The van der Waals surface area contributed by atoms with Crippen LogP contribution in [0.2, 0.25) is 0 Å². The highest BCUT2D eigenvalue weighted by molar-refractivity contribution is 6.57. The average molecular weight is 279 g/mol. The maximum absolute atomic E-state index is 14.4. The number of halogens is 2. The lowest BCUT2D eigenvalue weighted by Crippen LogP contribution is -2.48. The smallest absolute Gasteiger partial charge is 0.480 e. The summed E-state index contributed by atoms with van der Waals surface area (Å²) in [6, 6.07) is 2.04. The van der Waals surface area contributed by atoms with E-state index in [2.05, 4.69) is 0 Å². The van der Waals surface area contributed by atoms with Gasteiger partial charge in [0.25, 0.3) is 0 Å². The van der Waals surface area contributed by atoms with Crippen LogP contribution in [0.1, 0.15) is 12.1 Å². The molecule has 5 nitrogen and oxygen atoms in total. The van der Waals surface area contributed by atoms with E-state index in [9.17, 15) is 13.4 Å². The molecule has 0 bridgehead atoms. The van der Waals surface area contributed by atoms with Crippen molar-refractivity contribution in [3.05, 3.63) is 41.4 Å². The van der Waals surface area contributed by atoms with Crippen molar-refractivity contribution in [1.29, 1.82) is 0 Å². The molecule has 0 saturated carbocycles. The van der Waals surface area contributed by atoms with Crippen molar-refractivity contribution in [2.45, 2.75) is 12.5 Å². The molecule has 104 valence electrons. The molecule has 2 aliphatic rings. The van der Waals surface area contributed by atoms with Gasteiger partial charge < -0.3 is 28.4 Å². The monoisotopic (exact) mass is 279 g/mol. The second kappa shape index (κ2) is 4.14. The van der Waals surface area contributed by atoms with Crippen molar-refractivity contribution in [2.75, 3.05) is 0 Å². The lowest BCUT2D eigenvalue weighted by molar-refractivity contribution is -0.357. The van der Waals surface area contributed by atoms with Crippen LogP contribution in [0, 0.1) is 0 Å². The minimum Gasteiger partial charge on any atom is -0.480 e. The number of hydrogen-bond acceptors (Lipinski definition) is 2. The maximum Gasteiger partial charge on any atom is 0.736 e. The Morgan fingerprint density at radius 1 is 1.55 bits per heavy atom. The molecule has 0 amide bonds. The van der Waals surface area contributed by atoms with E-state index in [1.807, 2.05) is 0 Å². The van der Waals surface area contributed by atoms with Gasteiger partial charge >= 0.3 is 12.9 Å². The molecule has 1 aromatic rings. The number of hydrogen-bond donors (Lipinski definition) is 2. The van der Waals surface area contributed by atoms with Gasteiger partial charge in [-0.1, -0.05) is 0 Å². The van der Waals surface area contributed by atoms with Crippen molar-refractivity contribution in [3.63, 3.8) is 0 Å². The van der Waals surface area contributed by atoms with Crippen LogP contribution in [-0.4, -0.2) is 39.3 Å². The zero-order chi connectivity index (χ0) is 14.5. The lowest BCUT2D eigenvalue weighted by atomic mass is 9.90. The fourth-order valence-electron chi connectivity index (χ4n) is 2.52. The predicted molar refractivity (Wildman–Crippen MR) is 70.4 cm³/mol. The number of carboxylic acids is 1. The molecule has 0 aromatic carbocycles. The Balaban J connectivity index is 1.98. The second-order valence-corrected chi connectivity index (χ2v) is 4.86. The van der Waals surface area contributed by atoms with Crippen molar-refractivity contribution in [2.24, 2.45) is 5.73 Å². The quantitative estimate of drug-likeness (QED) is 0.807. The molecule has 0 saturated heterocycles. The van der Waals surface area contributed by atoms with Gasteiger partial charge in [0.2, 0.25) is 0 Å². The molecule has 3 heterocycles. The van der Waals surface area contributed by atoms with Gasteiger partial charge in [-0.3, -0.25) is 4.79 Å². The Bertz CT molecular complexity index is 691. The first-order chi connectivity index (χ1) is 9.41. The Hall–Kier alpha value is -2.22. The first kappa shape index (κ1) is 12.8. The maximum atomic E-state index is 14.4. The van der Waals surface area contributed by atoms with Crippen LogP contribution in [0.15, 0.2) is 35.7 Å². The van der Waals surface area contributed by atoms with Gasteiger partial charge in [-0.2, -0.15) is 0 Å². The van der Waals surface area contributed by atoms with E-state index in [1.54, 1.807) is 18.2 Å². The second-order valence-electron chi connectivity index (χ2n) is 4.86. The fourth-order valence-corrected chi connectivity index (χ4v) is 2.52. The highest BCUT2D eigenvalue weighted by Crippen LogP contribution is 2.33. The number of allylic oxidation sites excluding steroid dienone is 2. The number of carboxylic acid groups (broad SMARTS) is 1. The summed E-state index contributed by atoms with van der Waals surface area (Å²) in [5.41, 5.74) is 6.69. The SMILES string of the molecule is NC(CC1=CC=[N+]2C1=Cc1cccn1[B-]2(F)F)C(=O)O. The summed E-state index contributed by atoms with van der Waals surface area (Å²) in [5, 5.41) is 8.82. The van der Waals surface area contributed by atoms with Crippen LogP contribution in [0.25, 0.3) is 6.08 Å². The highest BCUT2D eigenvalue weighted by Gasteiger charge is 2.50. The summed E-state index contributed by atoms with van der Waals surface area (Å²) in [4.78, 5) is 10.8. The molecule has 8 heteroatoms. The molecular formula is C12H12BF2N3O2. The number of fused-ring (bicyclic) bond motifs is 2. The Morgan fingerprint density at radius 2 is 2.30 bits per heavy atom. The van der Waals surface area contributed by atoms with Crippen LogP contribution in [0.3, 0.4) is 0 Å². The van der Waals surface area contributed by atoms with E-state index in [-0.39, 0.29) is 6.42 Å². The summed E-state index contributed by atoms with van der Waals surface area (Å²) >= 11 is 0. The van der Waals surface area contributed by atoms with Gasteiger partial charge in [-0.25, -0.2) is 0 Å².